The highest BCUT2D eigenvalue weighted by atomic mass is 16.2. The van der Waals surface area contributed by atoms with Crippen molar-refractivity contribution in [1.29, 1.82) is 0 Å². The zero-order valence-electron chi connectivity index (χ0n) is 16.1. The molecule has 3 rings (SSSR count). The Morgan fingerprint density at radius 2 is 1.69 bits per heavy atom. The van der Waals surface area contributed by atoms with Gasteiger partial charge in [0.2, 0.25) is 0 Å². The Kier molecular flexibility index (Phi) is 5.16. The van der Waals surface area contributed by atoms with Crippen LogP contribution in [-0.2, 0) is 7.05 Å². The van der Waals surface area contributed by atoms with Crippen molar-refractivity contribution in [3.63, 3.8) is 0 Å². The first-order valence-electron chi connectivity index (χ1n) is 9.17. The summed E-state index contributed by atoms with van der Waals surface area (Å²) < 4.78 is 1.57. The number of amides is 1. The van der Waals surface area contributed by atoms with E-state index in [1.807, 2.05) is 24.8 Å². The minimum Gasteiger partial charge on any atom is -0.369 e. The monoisotopic (exact) mass is 353 g/mol. The predicted molar refractivity (Wildman–Crippen MR) is 105 cm³/mol. The molecule has 0 saturated carbocycles. The molecule has 1 saturated heterocycles. The largest absolute Gasteiger partial charge is 0.369 e. The second-order valence-corrected chi connectivity index (χ2v) is 7.11. The second kappa shape index (κ2) is 7.36. The number of hydrogen-bond acceptors (Lipinski definition) is 3. The molecule has 0 spiro atoms. The smallest absolute Gasteiger partial charge is 0.263 e. The molecule has 26 heavy (non-hydrogen) atoms. The molecule has 1 fully saturated rings. The van der Waals surface area contributed by atoms with E-state index in [9.17, 15) is 9.59 Å². The summed E-state index contributed by atoms with van der Waals surface area (Å²) in [6.07, 6.45) is 0.894. The third kappa shape index (κ3) is 3.39. The molecule has 5 nitrogen and oxygen atoms in total. The van der Waals surface area contributed by atoms with E-state index < -0.39 is 0 Å². The van der Waals surface area contributed by atoms with E-state index in [0.29, 0.717) is 13.1 Å². The maximum Gasteiger partial charge on any atom is 0.263 e. The minimum atomic E-state index is -0.210. The van der Waals surface area contributed by atoms with Gasteiger partial charge in [0.1, 0.15) is 5.56 Å². The van der Waals surface area contributed by atoms with Gasteiger partial charge in [0.15, 0.2) is 0 Å². The molecule has 0 atom stereocenters. The summed E-state index contributed by atoms with van der Waals surface area (Å²) in [6.45, 7) is 8.95. The number of nitrogens with zero attached hydrogens (tertiary/aromatic N) is 3. The first kappa shape index (κ1) is 18.2. The van der Waals surface area contributed by atoms with Crippen LogP contribution in [0.3, 0.4) is 0 Å². The Labute approximate surface area is 154 Å². The van der Waals surface area contributed by atoms with Crippen LogP contribution >= 0.6 is 0 Å². The van der Waals surface area contributed by atoms with E-state index in [2.05, 4.69) is 30.0 Å². The number of rotatable bonds is 2. The standard InChI is InChI=1S/C21H27N3O2/c1-15-8-5-6-9-19(15)23-10-7-11-24(13-12-23)21(26)18-14-16(2)17(3)22(4)20(18)25/h5-6,8-9,14H,7,10-13H2,1-4H3. The number of anilines is 1. The molecule has 0 unspecified atom stereocenters. The molecule has 1 aromatic carbocycles. The fourth-order valence-corrected chi connectivity index (χ4v) is 3.58. The highest BCUT2D eigenvalue weighted by Crippen LogP contribution is 2.21. The Bertz CT molecular complexity index is 885. The number of hydrogen-bond donors (Lipinski definition) is 0. The van der Waals surface area contributed by atoms with Crippen LogP contribution in [0.15, 0.2) is 35.1 Å². The average molecular weight is 353 g/mol. The maximum absolute atomic E-state index is 13.0. The van der Waals surface area contributed by atoms with Crippen molar-refractivity contribution in [3.8, 4) is 0 Å². The van der Waals surface area contributed by atoms with Gasteiger partial charge in [-0.25, -0.2) is 0 Å². The fraction of sp³-hybridized carbons (Fsp3) is 0.429. The SMILES string of the molecule is Cc1ccccc1N1CCCN(C(=O)c2cc(C)c(C)n(C)c2=O)CC1. The van der Waals surface area contributed by atoms with Crippen LogP contribution in [-0.4, -0.2) is 41.6 Å². The number of aromatic nitrogens is 1. The molecule has 1 amide bonds. The Morgan fingerprint density at radius 3 is 2.42 bits per heavy atom. The maximum atomic E-state index is 13.0. The van der Waals surface area contributed by atoms with E-state index in [1.54, 1.807) is 17.7 Å². The van der Waals surface area contributed by atoms with E-state index in [-0.39, 0.29) is 17.0 Å². The molecule has 1 aliphatic heterocycles. The van der Waals surface area contributed by atoms with Gasteiger partial charge in [0.25, 0.3) is 11.5 Å². The van der Waals surface area contributed by atoms with Crippen LogP contribution in [0.25, 0.3) is 0 Å². The lowest BCUT2D eigenvalue weighted by Gasteiger charge is -2.25. The third-order valence-corrected chi connectivity index (χ3v) is 5.44. The molecule has 2 aromatic rings. The van der Waals surface area contributed by atoms with Crippen LogP contribution in [0.4, 0.5) is 5.69 Å². The number of pyridine rings is 1. The van der Waals surface area contributed by atoms with Crippen LogP contribution in [0.2, 0.25) is 0 Å². The van der Waals surface area contributed by atoms with Crippen molar-refractivity contribution in [1.82, 2.24) is 9.47 Å². The van der Waals surface area contributed by atoms with Crippen LogP contribution in [0.1, 0.15) is 33.6 Å². The summed E-state index contributed by atoms with van der Waals surface area (Å²) in [5.74, 6) is -0.152. The molecule has 1 aromatic heterocycles. The fourth-order valence-electron chi connectivity index (χ4n) is 3.58. The van der Waals surface area contributed by atoms with Gasteiger partial charge in [-0.05, 0) is 50.5 Å². The van der Waals surface area contributed by atoms with Crippen LogP contribution in [0, 0.1) is 20.8 Å². The van der Waals surface area contributed by atoms with Gasteiger partial charge in [0, 0.05) is 44.6 Å². The van der Waals surface area contributed by atoms with Gasteiger partial charge < -0.3 is 14.4 Å². The highest BCUT2D eigenvalue weighted by molar-refractivity contribution is 5.94. The van der Waals surface area contributed by atoms with Gasteiger partial charge in [0.05, 0.1) is 0 Å². The number of para-hydroxylation sites is 1. The molecule has 0 aliphatic carbocycles. The summed E-state index contributed by atoms with van der Waals surface area (Å²) in [7, 11) is 1.73. The minimum absolute atomic E-state index is 0.152. The third-order valence-electron chi connectivity index (χ3n) is 5.44. The molecule has 2 heterocycles. The lowest BCUT2D eigenvalue weighted by molar-refractivity contribution is 0.0764. The van der Waals surface area contributed by atoms with Crippen LogP contribution < -0.4 is 10.5 Å². The van der Waals surface area contributed by atoms with E-state index in [1.165, 1.54) is 11.3 Å². The summed E-state index contributed by atoms with van der Waals surface area (Å²) in [6, 6.07) is 10.1. The van der Waals surface area contributed by atoms with E-state index in [4.69, 9.17) is 0 Å². The summed E-state index contributed by atoms with van der Waals surface area (Å²) in [4.78, 5) is 29.7. The average Bonchev–Trinajstić information content (AvgIpc) is 2.89. The summed E-state index contributed by atoms with van der Waals surface area (Å²) in [5.41, 5.74) is 4.40. The first-order valence-corrected chi connectivity index (χ1v) is 9.17. The van der Waals surface area contributed by atoms with E-state index in [0.717, 1.165) is 30.8 Å². The van der Waals surface area contributed by atoms with Gasteiger partial charge in [-0.2, -0.15) is 0 Å². The number of carbonyl (C=O) groups excluding carboxylic acids is 1. The lowest BCUT2D eigenvalue weighted by Crippen LogP contribution is -2.39. The van der Waals surface area contributed by atoms with Crippen molar-refractivity contribution in [2.45, 2.75) is 27.2 Å². The topological polar surface area (TPSA) is 45.5 Å². The molecule has 138 valence electrons. The molecule has 5 heteroatoms. The van der Waals surface area contributed by atoms with Crippen LogP contribution in [0.5, 0.6) is 0 Å². The van der Waals surface area contributed by atoms with Crippen molar-refractivity contribution >= 4 is 11.6 Å². The molecule has 0 radical (unpaired) electrons. The van der Waals surface area contributed by atoms with Gasteiger partial charge in [-0.1, -0.05) is 18.2 Å². The highest BCUT2D eigenvalue weighted by Gasteiger charge is 2.24. The van der Waals surface area contributed by atoms with Gasteiger partial charge in [-0.3, -0.25) is 9.59 Å². The van der Waals surface area contributed by atoms with Crippen molar-refractivity contribution in [3.05, 3.63) is 63.1 Å². The summed E-state index contributed by atoms with van der Waals surface area (Å²) >= 11 is 0. The molecule has 0 N–H and O–H groups in total. The molecular formula is C21H27N3O2. The number of carbonyl (C=O) groups is 1. The Balaban J connectivity index is 1.81. The second-order valence-electron chi connectivity index (χ2n) is 7.11. The van der Waals surface area contributed by atoms with Crippen molar-refractivity contribution in [2.24, 2.45) is 7.05 Å². The van der Waals surface area contributed by atoms with Gasteiger partial charge in [-0.15, -0.1) is 0 Å². The van der Waals surface area contributed by atoms with Crippen molar-refractivity contribution in [2.75, 3.05) is 31.1 Å². The number of aryl methyl sites for hydroxylation is 2. The molecular weight excluding hydrogens is 326 g/mol. The van der Waals surface area contributed by atoms with E-state index >= 15 is 0 Å². The first-order chi connectivity index (χ1) is 12.4. The van der Waals surface area contributed by atoms with Gasteiger partial charge >= 0.3 is 0 Å². The normalized spacial score (nSPS) is 15.1. The quantitative estimate of drug-likeness (QED) is 0.834. The molecule has 0 bridgehead atoms. The Morgan fingerprint density at radius 1 is 0.962 bits per heavy atom. The predicted octanol–water partition coefficient (Wildman–Crippen LogP) is 2.66. The zero-order valence-corrected chi connectivity index (χ0v) is 16.1. The molecule has 1 aliphatic rings. The summed E-state index contributed by atoms with van der Waals surface area (Å²) in [5, 5.41) is 0. The zero-order chi connectivity index (χ0) is 18.8. The Hall–Kier alpha value is -2.56. The number of benzene rings is 1. The lowest BCUT2D eigenvalue weighted by atomic mass is 10.1. The van der Waals surface area contributed by atoms with Crippen molar-refractivity contribution < 1.29 is 4.79 Å².